The minimum Gasteiger partial charge on any atom is -0.507 e. The lowest BCUT2D eigenvalue weighted by Crippen LogP contribution is -2.30. The highest BCUT2D eigenvalue weighted by atomic mass is 16.5. The van der Waals surface area contributed by atoms with Crippen LogP contribution in [0.3, 0.4) is 0 Å². The molecule has 3 aromatic carbocycles. The van der Waals surface area contributed by atoms with Gasteiger partial charge in [-0.1, -0.05) is 48.5 Å². The van der Waals surface area contributed by atoms with Gasteiger partial charge in [0.2, 0.25) is 0 Å². The van der Waals surface area contributed by atoms with E-state index >= 15 is 0 Å². The first-order valence-corrected chi connectivity index (χ1v) is 10.4. The molecule has 0 bridgehead atoms. The van der Waals surface area contributed by atoms with Crippen LogP contribution in [0, 0.1) is 20.8 Å². The van der Waals surface area contributed by atoms with Crippen molar-refractivity contribution in [3.63, 3.8) is 0 Å². The number of aliphatic hydroxyl groups excluding tert-OH is 1. The quantitative estimate of drug-likeness (QED) is 0.351. The second kappa shape index (κ2) is 8.35. The monoisotopic (exact) mass is 427 g/mol. The maximum absolute atomic E-state index is 13.3. The Bertz CT molecular complexity index is 1240. The van der Waals surface area contributed by atoms with Gasteiger partial charge in [-0.3, -0.25) is 14.5 Å². The van der Waals surface area contributed by atoms with Crippen molar-refractivity contribution in [2.24, 2.45) is 0 Å². The molecule has 1 amide bonds. The van der Waals surface area contributed by atoms with Crippen LogP contribution in [0.5, 0.6) is 5.75 Å². The van der Waals surface area contributed by atoms with Gasteiger partial charge in [0, 0.05) is 11.3 Å². The van der Waals surface area contributed by atoms with Crippen LogP contribution in [0.4, 0.5) is 5.69 Å². The lowest BCUT2D eigenvalue weighted by Gasteiger charge is -2.27. The molecular formula is C27H25NO4. The van der Waals surface area contributed by atoms with Crippen molar-refractivity contribution in [2.45, 2.75) is 26.8 Å². The van der Waals surface area contributed by atoms with E-state index in [-0.39, 0.29) is 11.3 Å². The van der Waals surface area contributed by atoms with Crippen LogP contribution in [0.1, 0.15) is 33.9 Å². The molecule has 162 valence electrons. The molecular weight excluding hydrogens is 402 g/mol. The molecule has 0 radical (unpaired) electrons. The first-order chi connectivity index (χ1) is 15.3. The number of Topliss-reactive ketones (excluding diaryl/α,β-unsaturated/α-hetero) is 1. The number of carbonyl (C=O) groups is 2. The second-order valence-electron chi connectivity index (χ2n) is 8.00. The number of aryl methyl sites for hydroxylation is 3. The molecule has 5 heteroatoms. The maximum Gasteiger partial charge on any atom is 0.300 e. The summed E-state index contributed by atoms with van der Waals surface area (Å²) in [5.41, 5.74) is 4.42. The van der Waals surface area contributed by atoms with Crippen molar-refractivity contribution in [3.8, 4) is 5.75 Å². The Morgan fingerprint density at radius 2 is 1.53 bits per heavy atom. The molecule has 32 heavy (non-hydrogen) atoms. The van der Waals surface area contributed by atoms with Gasteiger partial charge < -0.3 is 9.84 Å². The summed E-state index contributed by atoms with van der Waals surface area (Å²) >= 11 is 0. The first kappa shape index (κ1) is 21.4. The van der Waals surface area contributed by atoms with E-state index in [2.05, 4.69) is 0 Å². The van der Waals surface area contributed by atoms with E-state index in [0.29, 0.717) is 17.0 Å². The van der Waals surface area contributed by atoms with Gasteiger partial charge in [-0.25, -0.2) is 0 Å². The van der Waals surface area contributed by atoms with E-state index in [1.807, 2.05) is 81.4 Å². The zero-order chi connectivity index (χ0) is 23.0. The van der Waals surface area contributed by atoms with Gasteiger partial charge >= 0.3 is 0 Å². The van der Waals surface area contributed by atoms with E-state index in [9.17, 15) is 14.7 Å². The van der Waals surface area contributed by atoms with Crippen LogP contribution >= 0.6 is 0 Å². The van der Waals surface area contributed by atoms with E-state index in [0.717, 1.165) is 22.3 Å². The third-order valence-corrected chi connectivity index (χ3v) is 5.93. The average molecular weight is 428 g/mol. The largest absolute Gasteiger partial charge is 0.507 e. The Morgan fingerprint density at radius 1 is 0.875 bits per heavy atom. The molecule has 0 aromatic heterocycles. The van der Waals surface area contributed by atoms with E-state index < -0.39 is 17.7 Å². The SMILES string of the molecule is COc1cc(C)c(/C(O)=C2\C(=O)C(=O)N(c3ccccc3C)C2c2ccccc2)cc1C. The zero-order valence-corrected chi connectivity index (χ0v) is 18.5. The minimum absolute atomic E-state index is 0.0807. The Morgan fingerprint density at radius 3 is 2.19 bits per heavy atom. The summed E-state index contributed by atoms with van der Waals surface area (Å²) in [4.78, 5) is 28.0. The number of hydrogen-bond acceptors (Lipinski definition) is 4. The van der Waals surface area contributed by atoms with Gasteiger partial charge in [0.05, 0.1) is 18.7 Å². The minimum atomic E-state index is -0.737. The van der Waals surface area contributed by atoms with Gasteiger partial charge in [-0.15, -0.1) is 0 Å². The molecule has 0 spiro atoms. The van der Waals surface area contributed by atoms with Gasteiger partial charge in [0.1, 0.15) is 11.5 Å². The topological polar surface area (TPSA) is 66.8 Å². The summed E-state index contributed by atoms with van der Waals surface area (Å²) in [6.07, 6.45) is 0. The normalized spacial score (nSPS) is 17.6. The lowest BCUT2D eigenvalue weighted by atomic mass is 9.93. The summed E-state index contributed by atoms with van der Waals surface area (Å²) in [6, 6.07) is 19.6. The van der Waals surface area contributed by atoms with Crippen LogP contribution in [0.2, 0.25) is 0 Å². The fourth-order valence-corrected chi connectivity index (χ4v) is 4.28. The molecule has 1 unspecified atom stereocenters. The number of aliphatic hydroxyl groups is 1. The molecule has 0 saturated carbocycles. The highest BCUT2D eigenvalue weighted by Crippen LogP contribution is 2.43. The van der Waals surface area contributed by atoms with E-state index in [1.54, 1.807) is 13.2 Å². The van der Waals surface area contributed by atoms with E-state index in [1.165, 1.54) is 4.90 Å². The molecule has 1 saturated heterocycles. The third kappa shape index (κ3) is 3.46. The lowest BCUT2D eigenvalue weighted by molar-refractivity contribution is -0.132. The van der Waals surface area contributed by atoms with Crippen molar-refractivity contribution in [3.05, 3.63) is 100 Å². The molecule has 1 N–H and O–H groups in total. The predicted molar refractivity (Wildman–Crippen MR) is 125 cm³/mol. The van der Waals surface area contributed by atoms with Crippen molar-refractivity contribution >= 4 is 23.1 Å². The molecule has 5 nitrogen and oxygen atoms in total. The highest BCUT2D eigenvalue weighted by Gasteiger charge is 2.47. The molecule has 4 rings (SSSR count). The Labute approximate surface area is 187 Å². The fraction of sp³-hybridized carbons (Fsp3) is 0.185. The van der Waals surface area contributed by atoms with Crippen LogP contribution in [-0.2, 0) is 9.59 Å². The zero-order valence-electron chi connectivity index (χ0n) is 18.5. The van der Waals surface area contributed by atoms with Crippen molar-refractivity contribution < 1.29 is 19.4 Å². The number of nitrogens with zero attached hydrogens (tertiary/aromatic N) is 1. The average Bonchev–Trinajstić information content (AvgIpc) is 3.06. The number of ketones is 1. The number of amides is 1. The summed E-state index contributed by atoms with van der Waals surface area (Å²) in [5.74, 6) is -0.847. The Balaban J connectivity index is 1.98. The number of hydrogen-bond donors (Lipinski definition) is 1. The molecule has 0 aliphatic carbocycles. The number of rotatable bonds is 4. The fourth-order valence-electron chi connectivity index (χ4n) is 4.28. The van der Waals surface area contributed by atoms with Crippen LogP contribution in [0.25, 0.3) is 5.76 Å². The smallest absolute Gasteiger partial charge is 0.300 e. The second-order valence-corrected chi connectivity index (χ2v) is 8.00. The highest BCUT2D eigenvalue weighted by molar-refractivity contribution is 6.51. The Kier molecular flexibility index (Phi) is 5.57. The van der Waals surface area contributed by atoms with Gasteiger partial charge in [-0.05, 0) is 61.2 Å². The summed E-state index contributed by atoms with van der Waals surface area (Å²) in [5, 5.41) is 11.4. The number of ether oxygens (including phenoxy) is 1. The van der Waals surface area contributed by atoms with Gasteiger partial charge in [0.15, 0.2) is 0 Å². The number of para-hydroxylation sites is 1. The standard InChI is InChI=1S/C27H25NO4/c1-16-10-8-9-13-21(16)28-24(19-11-6-5-7-12-19)23(26(30)27(28)31)25(29)20-14-18(3)22(32-4)15-17(20)2/h5-15,24,29H,1-4H3/b25-23+. The molecule has 1 aliphatic heterocycles. The number of benzene rings is 3. The number of methoxy groups -OCH3 is 1. The van der Waals surface area contributed by atoms with Crippen molar-refractivity contribution in [2.75, 3.05) is 12.0 Å². The third-order valence-electron chi connectivity index (χ3n) is 5.93. The van der Waals surface area contributed by atoms with Gasteiger partial charge in [0.25, 0.3) is 11.7 Å². The summed E-state index contributed by atoms with van der Waals surface area (Å²) in [7, 11) is 1.59. The van der Waals surface area contributed by atoms with Crippen LogP contribution in [-0.4, -0.2) is 23.9 Å². The molecule has 1 aliphatic rings. The van der Waals surface area contributed by atoms with E-state index in [4.69, 9.17) is 4.74 Å². The first-order valence-electron chi connectivity index (χ1n) is 10.4. The Hall–Kier alpha value is -3.86. The molecule has 3 aromatic rings. The summed E-state index contributed by atoms with van der Waals surface area (Å²) < 4.78 is 5.38. The van der Waals surface area contributed by atoms with Crippen LogP contribution < -0.4 is 9.64 Å². The molecule has 1 atom stereocenters. The maximum atomic E-state index is 13.3. The van der Waals surface area contributed by atoms with Crippen molar-refractivity contribution in [1.29, 1.82) is 0 Å². The summed E-state index contributed by atoms with van der Waals surface area (Å²) in [6.45, 7) is 5.61. The molecule has 1 heterocycles. The number of carbonyl (C=O) groups excluding carboxylic acids is 2. The van der Waals surface area contributed by atoms with Gasteiger partial charge in [-0.2, -0.15) is 0 Å². The molecule has 1 fully saturated rings. The van der Waals surface area contributed by atoms with Crippen molar-refractivity contribution in [1.82, 2.24) is 0 Å². The van der Waals surface area contributed by atoms with Crippen LogP contribution in [0.15, 0.2) is 72.3 Å². The number of anilines is 1. The predicted octanol–water partition coefficient (Wildman–Crippen LogP) is 5.25.